The molecule has 29 heavy (non-hydrogen) atoms. The first-order valence-electron chi connectivity index (χ1n) is 9.64. The van der Waals surface area contributed by atoms with Crippen LogP contribution in [0.25, 0.3) is 0 Å². The summed E-state index contributed by atoms with van der Waals surface area (Å²) in [5.74, 6) is 0.309. The number of benzene rings is 2. The average Bonchev–Trinajstić information content (AvgIpc) is 2.70. The van der Waals surface area contributed by atoms with Gasteiger partial charge in [0.1, 0.15) is 0 Å². The number of hydrogen-bond acceptors (Lipinski definition) is 5. The van der Waals surface area contributed by atoms with Gasteiger partial charge in [-0.25, -0.2) is 0 Å². The lowest BCUT2D eigenvalue weighted by Gasteiger charge is -2.14. The quantitative estimate of drug-likeness (QED) is 0.572. The van der Waals surface area contributed by atoms with E-state index in [1.807, 2.05) is 45.0 Å². The van der Waals surface area contributed by atoms with E-state index >= 15 is 0 Å². The molecule has 0 unspecified atom stereocenters. The van der Waals surface area contributed by atoms with Crippen molar-refractivity contribution in [1.29, 1.82) is 0 Å². The second kappa shape index (κ2) is 11.1. The normalized spacial score (nSPS) is 10.5. The van der Waals surface area contributed by atoms with Crippen LogP contribution in [-0.4, -0.2) is 38.1 Å². The van der Waals surface area contributed by atoms with Crippen molar-refractivity contribution in [1.82, 2.24) is 10.6 Å². The van der Waals surface area contributed by atoms with Crippen molar-refractivity contribution in [2.75, 3.05) is 25.6 Å². The Kier molecular flexibility index (Phi) is 8.48. The summed E-state index contributed by atoms with van der Waals surface area (Å²) in [7, 11) is 1.49. The third-order valence-electron chi connectivity index (χ3n) is 4.07. The first kappa shape index (κ1) is 22.2. The first-order valence-corrected chi connectivity index (χ1v) is 9.64. The van der Waals surface area contributed by atoms with E-state index < -0.39 is 0 Å². The predicted octanol–water partition coefficient (Wildman–Crippen LogP) is 2.96. The molecule has 156 valence electrons. The number of amides is 2. The van der Waals surface area contributed by atoms with Gasteiger partial charge >= 0.3 is 0 Å². The fraction of sp³-hybridized carbons (Fsp3) is 0.364. The second-order valence-corrected chi connectivity index (χ2v) is 6.77. The number of carbonyl (C=O) groups excluding carboxylic acids is 2. The molecule has 3 N–H and O–H groups in total. The van der Waals surface area contributed by atoms with E-state index in [0.717, 1.165) is 17.8 Å². The van der Waals surface area contributed by atoms with Gasteiger partial charge in [-0.2, -0.15) is 0 Å². The van der Waals surface area contributed by atoms with Crippen LogP contribution in [0.1, 0.15) is 36.7 Å². The smallest absolute Gasteiger partial charge is 0.258 e. The van der Waals surface area contributed by atoms with Gasteiger partial charge in [0.15, 0.2) is 18.1 Å². The number of ether oxygens (including phenoxy) is 2. The van der Waals surface area contributed by atoms with Crippen LogP contribution in [0.4, 0.5) is 5.69 Å². The zero-order valence-corrected chi connectivity index (χ0v) is 17.4. The lowest BCUT2D eigenvalue weighted by molar-refractivity contribution is -0.123. The Labute approximate surface area is 171 Å². The van der Waals surface area contributed by atoms with Gasteiger partial charge in [-0.15, -0.1) is 0 Å². The summed E-state index contributed by atoms with van der Waals surface area (Å²) >= 11 is 0. The monoisotopic (exact) mass is 399 g/mol. The molecule has 0 aliphatic rings. The number of para-hydroxylation sites is 1. The Morgan fingerprint density at radius 1 is 1.07 bits per heavy atom. The van der Waals surface area contributed by atoms with E-state index in [0.29, 0.717) is 23.6 Å². The summed E-state index contributed by atoms with van der Waals surface area (Å²) < 4.78 is 10.9. The van der Waals surface area contributed by atoms with Gasteiger partial charge < -0.3 is 25.4 Å². The minimum atomic E-state index is -0.253. The second-order valence-electron chi connectivity index (χ2n) is 6.77. The minimum Gasteiger partial charge on any atom is -0.493 e. The highest BCUT2D eigenvalue weighted by Gasteiger charge is 2.14. The van der Waals surface area contributed by atoms with Crippen LogP contribution in [0.15, 0.2) is 42.5 Å². The minimum absolute atomic E-state index is 0.0365. The van der Waals surface area contributed by atoms with E-state index in [1.165, 1.54) is 7.11 Å². The van der Waals surface area contributed by atoms with Crippen LogP contribution in [0.5, 0.6) is 11.5 Å². The third-order valence-corrected chi connectivity index (χ3v) is 4.07. The topological polar surface area (TPSA) is 88.7 Å². The van der Waals surface area contributed by atoms with Crippen LogP contribution in [-0.2, 0) is 11.3 Å². The van der Waals surface area contributed by atoms with Crippen LogP contribution >= 0.6 is 0 Å². The number of nitrogens with one attached hydrogen (secondary N) is 3. The maximum atomic E-state index is 12.7. The van der Waals surface area contributed by atoms with E-state index in [1.54, 1.807) is 18.2 Å². The largest absolute Gasteiger partial charge is 0.493 e. The number of hydrogen-bond donors (Lipinski definition) is 3. The molecule has 2 rings (SSSR count). The molecule has 0 fully saturated rings. The third kappa shape index (κ3) is 6.80. The summed E-state index contributed by atoms with van der Waals surface area (Å²) in [6.07, 6.45) is 0. The molecular weight excluding hydrogens is 370 g/mol. The number of rotatable bonds is 10. The summed E-state index contributed by atoms with van der Waals surface area (Å²) in [6, 6.07) is 12.6. The molecule has 0 radical (unpaired) electrons. The zero-order chi connectivity index (χ0) is 21.2. The first-order chi connectivity index (χ1) is 13.9. The molecule has 0 saturated heterocycles. The molecule has 0 bridgehead atoms. The maximum absolute atomic E-state index is 12.7. The Morgan fingerprint density at radius 3 is 2.52 bits per heavy atom. The SMILES string of the molecule is CCNCc1ccccc1NC(=O)c1ccc(OCC(=O)NC(C)C)c(OC)c1. The van der Waals surface area contributed by atoms with Gasteiger partial charge in [0, 0.05) is 23.8 Å². The van der Waals surface area contributed by atoms with Gasteiger partial charge in [0.2, 0.25) is 0 Å². The molecular formula is C22H29N3O4. The van der Waals surface area contributed by atoms with Gasteiger partial charge in [-0.1, -0.05) is 25.1 Å². The Balaban J connectivity index is 2.09. The predicted molar refractivity (Wildman–Crippen MR) is 114 cm³/mol. The molecule has 0 saturated carbocycles. The van der Waals surface area contributed by atoms with E-state index in [2.05, 4.69) is 16.0 Å². The number of anilines is 1. The molecule has 0 atom stereocenters. The highest BCUT2D eigenvalue weighted by atomic mass is 16.5. The fourth-order valence-electron chi connectivity index (χ4n) is 2.69. The molecule has 0 spiro atoms. The molecule has 0 aliphatic heterocycles. The molecule has 7 nitrogen and oxygen atoms in total. The molecule has 0 aliphatic carbocycles. The van der Waals surface area contributed by atoms with Gasteiger partial charge in [0.25, 0.3) is 11.8 Å². The summed E-state index contributed by atoms with van der Waals surface area (Å²) in [5.41, 5.74) is 2.19. The summed E-state index contributed by atoms with van der Waals surface area (Å²) in [4.78, 5) is 24.5. The summed E-state index contributed by atoms with van der Waals surface area (Å²) in [6.45, 7) is 7.17. The Morgan fingerprint density at radius 2 is 1.83 bits per heavy atom. The van der Waals surface area contributed by atoms with Gasteiger partial charge in [0.05, 0.1) is 7.11 Å². The van der Waals surface area contributed by atoms with Crippen LogP contribution in [0.3, 0.4) is 0 Å². The molecule has 0 heterocycles. The van der Waals surface area contributed by atoms with E-state index in [4.69, 9.17) is 9.47 Å². The molecule has 2 aromatic carbocycles. The van der Waals surface area contributed by atoms with Crippen LogP contribution in [0, 0.1) is 0 Å². The van der Waals surface area contributed by atoms with Crippen molar-refractivity contribution < 1.29 is 19.1 Å². The van der Waals surface area contributed by atoms with Crippen molar-refractivity contribution in [2.24, 2.45) is 0 Å². The molecule has 2 aromatic rings. The molecule has 7 heteroatoms. The molecule has 2 amide bonds. The van der Waals surface area contributed by atoms with Crippen molar-refractivity contribution in [2.45, 2.75) is 33.4 Å². The standard InChI is InChI=1S/C22H29N3O4/c1-5-23-13-17-8-6-7-9-18(17)25-22(27)16-10-11-19(20(12-16)28-4)29-14-21(26)24-15(2)3/h6-12,15,23H,5,13-14H2,1-4H3,(H,24,26)(H,25,27). The lowest BCUT2D eigenvalue weighted by Crippen LogP contribution is -2.34. The number of methoxy groups -OCH3 is 1. The van der Waals surface area contributed by atoms with Crippen molar-refractivity contribution >= 4 is 17.5 Å². The zero-order valence-electron chi connectivity index (χ0n) is 17.4. The maximum Gasteiger partial charge on any atom is 0.258 e. The van der Waals surface area contributed by atoms with E-state index in [-0.39, 0.29) is 24.5 Å². The highest BCUT2D eigenvalue weighted by molar-refractivity contribution is 6.05. The van der Waals surface area contributed by atoms with Gasteiger partial charge in [-0.3, -0.25) is 9.59 Å². The Hall–Kier alpha value is -3.06. The highest BCUT2D eigenvalue weighted by Crippen LogP contribution is 2.28. The van der Waals surface area contributed by atoms with Crippen LogP contribution in [0.2, 0.25) is 0 Å². The molecule has 0 aromatic heterocycles. The fourth-order valence-corrected chi connectivity index (χ4v) is 2.69. The summed E-state index contributed by atoms with van der Waals surface area (Å²) in [5, 5.41) is 8.95. The van der Waals surface area contributed by atoms with Gasteiger partial charge in [-0.05, 0) is 50.2 Å². The number of carbonyl (C=O) groups is 2. The van der Waals surface area contributed by atoms with Crippen LogP contribution < -0.4 is 25.4 Å². The van der Waals surface area contributed by atoms with Crippen molar-refractivity contribution in [3.05, 3.63) is 53.6 Å². The lowest BCUT2D eigenvalue weighted by atomic mass is 10.1. The average molecular weight is 399 g/mol. The van der Waals surface area contributed by atoms with E-state index in [9.17, 15) is 9.59 Å². The van der Waals surface area contributed by atoms with Crippen molar-refractivity contribution in [3.8, 4) is 11.5 Å². The Bertz CT molecular complexity index is 837. The van der Waals surface area contributed by atoms with Crippen molar-refractivity contribution in [3.63, 3.8) is 0 Å².